The van der Waals surface area contributed by atoms with Crippen LogP contribution >= 0.6 is 0 Å². The van der Waals surface area contributed by atoms with Gasteiger partial charge >= 0.3 is 0 Å². The number of hydrogen-bond donors (Lipinski definition) is 1. The average Bonchev–Trinajstić information content (AvgIpc) is 3.03. The van der Waals surface area contributed by atoms with E-state index in [4.69, 9.17) is 4.74 Å². The highest BCUT2D eigenvalue weighted by Gasteiger charge is 2.13. The molecule has 0 saturated carbocycles. The predicted molar refractivity (Wildman–Crippen MR) is 89.5 cm³/mol. The van der Waals surface area contributed by atoms with Crippen LogP contribution in [0.1, 0.15) is 22.8 Å². The van der Waals surface area contributed by atoms with Crippen molar-refractivity contribution in [2.24, 2.45) is 0 Å². The van der Waals surface area contributed by atoms with Crippen molar-refractivity contribution in [3.63, 3.8) is 0 Å². The molecule has 0 aliphatic heterocycles. The van der Waals surface area contributed by atoms with Crippen molar-refractivity contribution in [1.82, 2.24) is 14.9 Å². The molecule has 0 spiro atoms. The van der Waals surface area contributed by atoms with Crippen LogP contribution in [0, 0.1) is 0 Å². The summed E-state index contributed by atoms with van der Waals surface area (Å²) in [5, 5.41) is 0. The van der Waals surface area contributed by atoms with E-state index in [1.54, 1.807) is 24.3 Å². The standard InChI is InChI=1S/C18H19N3O2/c1-3-23-15-7-4-13(5-8-15)11-21(2)18(22)14-6-9-16-17(10-14)20-12-19-16/h4-10,12H,3,11H2,1-2H3,(H,19,20). The second kappa shape index (κ2) is 6.52. The van der Waals surface area contributed by atoms with Gasteiger partial charge in [0.2, 0.25) is 0 Å². The van der Waals surface area contributed by atoms with E-state index in [1.165, 1.54) is 0 Å². The largest absolute Gasteiger partial charge is 0.494 e. The quantitative estimate of drug-likeness (QED) is 0.787. The molecule has 5 nitrogen and oxygen atoms in total. The summed E-state index contributed by atoms with van der Waals surface area (Å²) in [6, 6.07) is 13.3. The molecule has 3 aromatic rings. The van der Waals surface area contributed by atoms with Crippen LogP contribution in [0.15, 0.2) is 48.8 Å². The van der Waals surface area contributed by atoms with Gasteiger partial charge in [0.1, 0.15) is 5.75 Å². The summed E-state index contributed by atoms with van der Waals surface area (Å²) in [4.78, 5) is 21.4. The van der Waals surface area contributed by atoms with Crippen LogP contribution in [0.2, 0.25) is 0 Å². The van der Waals surface area contributed by atoms with Gasteiger partial charge in [-0.25, -0.2) is 4.98 Å². The molecule has 1 aromatic heterocycles. The Hall–Kier alpha value is -2.82. The van der Waals surface area contributed by atoms with E-state index in [1.807, 2.05) is 43.3 Å². The minimum atomic E-state index is -0.0182. The Morgan fingerprint density at radius 1 is 1.22 bits per heavy atom. The Morgan fingerprint density at radius 2 is 2.00 bits per heavy atom. The first-order valence-corrected chi connectivity index (χ1v) is 7.57. The summed E-state index contributed by atoms with van der Waals surface area (Å²) >= 11 is 0. The molecule has 0 bridgehead atoms. The third-order valence-corrected chi connectivity index (χ3v) is 3.67. The van der Waals surface area contributed by atoms with Crippen molar-refractivity contribution in [2.75, 3.05) is 13.7 Å². The van der Waals surface area contributed by atoms with Crippen molar-refractivity contribution < 1.29 is 9.53 Å². The molecule has 118 valence electrons. The van der Waals surface area contributed by atoms with Crippen molar-refractivity contribution in [3.8, 4) is 5.75 Å². The smallest absolute Gasteiger partial charge is 0.253 e. The van der Waals surface area contributed by atoms with E-state index >= 15 is 0 Å². The van der Waals surface area contributed by atoms with Crippen molar-refractivity contribution in [2.45, 2.75) is 13.5 Å². The Morgan fingerprint density at radius 3 is 2.74 bits per heavy atom. The van der Waals surface area contributed by atoms with Crippen LogP contribution in [0.3, 0.4) is 0 Å². The highest BCUT2D eigenvalue weighted by Crippen LogP contribution is 2.16. The first kappa shape index (κ1) is 15.1. The number of amides is 1. The molecule has 0 saturated heterocycles. The molecular formula is C18H19N3O2. The molecule has 0 fully saturated rings. The zero-order valence-electron chi connectivity index (χ0n) is 13.2. The molecule has 3 rings (SSSR count). The number of carbonyl (C=O) groups excluding carboxylic acids is 1. The third kappa shape index (κ3) is 3.34. The number of ether oxygens (including phenoxy) is 1. The fourth-order valence-corrected chi connectivity index (χ4v) is 2.49. The highest BCUT2D eigenvalue weighted by atomic mass is 16.5. The van der Waals surface area contributed by atoms with Crippen LogP contribution in [0.5, 0.6) is 5.75 Å². The third-order valence-electron chi connectivity index (χ3n) is 3.67. The molecular weight excluding hydrogens is 290 g/mol. The minimum absolute atomic E-state index is 0.0182. The summed E-state index contributed by atoms with van der Waals surface area (Å²) in [6.45, 7) is 3.15. The number of hydrogen-bond acceptors (Lipinski definition) is 3. The van der Waals surface area contributed by atoms with E-state index in [-0.39, 0.29) is 5.91 Å². The first-order chi connectivity index (χ1) is 11.2. The van der Waals surface area contributed by atoms with Gasteiger partial charge in [-0.05, 0) is 42.8 Å². The zero-order valence-corrected chi connectivity index (χ0v) is 13.2. The normalized spacial score (nSPS) is 10.7. The second-order valence-electron chi connectivity index (χ2n) is 5.37. The summed E-state index contributed by atoms with van der Waals surface area (Å²) in [6.07, 6.45) is 1.63. The van der Waals surface area contributed by atoms with Gasteiger partial charge in [-0.3, -0.25) is 4.79 Å². The van der Waals surface area contributed by atoms with Gasteiger partial charge in [0.15, 0.2) is 0 Å². The number of nitrogens with one attached hydrogen (secondary N) is 1. The van der Waals surface area contributed by atoms with E-state index in [0.29, 0.717) is 18.7 Å². The molecule has 0 radical (unpaired) electrons. The van der Waals surface area contributed by atoms with Crippen LogP contribution < -0.4 is 4.74 Å². The fourth-order valence-electron chi connectivity index (χ4n) is 2.49. The van der Waals surface area contributed by atoms with Crippen molar-refractivity contribution in [3.05, 3.63) is 59.9 Å². The predicted octanol–water partition coefficient (Wildman–Crippen LogP) is 3.23. The van der Waals surface area contributed by atoms with Gasteiger partial charge in [-0.1, -0.05) is 12.1 Å². The minimum Gasteiger partial charge on any atom is -0.494 e. The van der Waals surface area contributed by atoms with E-state index < -0.39 is 0 Å². The number of imidazole rings is 1. The lowest BCUT2D eigenvalue weighted by molar-refractivity contribution is 0.0785. The fraction of sp³-hybridized carbons (Fsp3) is 0.222. The number of H-pyrrole nitrogens is 1. The maximum absolute atomic E-state index is 12.6. The Bertz CT molecular complexity index is 809. The van der Waals surface area contributed by atoms with Gasteiger partial charge in [0.05, 0.1) is 24.0 Å². The molecule has 0 aliphatic rings. The highest BCUT2D eigenvalue weighted by molar-refractivity contribution is 5.97. The van der Waals surface area contributed by atoms with E-state index in [9.17, 15) is 4.79 Å². The Kier molecular flexibility index (Phi) is 4.28. The van der Waals surface area contributed by atoms with Gasteiger partial charge in [0.25, 0.3) is 5.91 Å². The SMILES string of the molecule is CCOc1ccc(CN(C)C(=O)c2ccc3nc[nH]c3c2)cc1. The average molecular weight is 309 g/mol. The van der Waals surface area contributed by atoms with Crippen LogP contribution in [-0.4, -0.2) is 34.4 Å². The Balaban J connectivity index is 1.71. The van der Waals surface area contributed by atoms with Gasteiger partial charge in [-0.15, -0.1) is 0 Å². The maximum Gasteiger partial charge on any atom is 0.253 e. The first-order valence-electron chi connectivity index (χ1n) is 7.57. The zero-order chi connectivity index (χ0) is 16.2. The van der Waals surface area contributed by atoms with Crippen molar-refractivity contribution >= 4 is 16.9 Å². The van der Waals surface area contributed by atoms with Crippen molar-refractivity contribution in [1.29, 1.82) is 0 Å². The molecule has 0 unspecified atom stereocenters. The number of rotatable bonds is 5. The second-order valence-corrected chi connectivity index (χ2v) is 5.37. The lowest BCUT2D eigenvalue weighted by Crippen LogP contribution is -2.26. The summed E-state index contributed by atoms with van der Waals surface area (Å²) in [5.41, 5.74) is 3.43. The van der Waals surface area contributed by atoms with Gasteiger partial charge in [-0.2, -0.15) is 0 Å². The van der Waals surface area contributed by atoms with Crippen LogP contribution in [0.25, 0.3) is 11.0 Å². The molecule has 0 aliphatic carbocycles. The number of benzene rings is 2. The molecule has 5 heteroatoms. The lowest BCUT2D eigenvalue weighted by atomic mass is 10.1. The lowest BCUT2D eigenvalue weighted by Gasteiger charge is -2.17. The summed E-state index contributed by atoms with van der Waals surface area (Å²) < 4.78 is 5.43. The number of nitrogens with zero attached hydrogens (tertiary/aromatic N) is 2. The molecule has 0 atom stereocenters. The summed E-state index contributed by atoms with van der Waals surface area (Å²) in [5.74, 6) is 0.824. The molecule has 2 aromatic carbocycles. The molecule has 1 N–H and O–H groups in total. The maximum atomic E-state index is 12.6. The number of carbonyl (C=O) groups is 1. The monoisotopic (exact) mass is 309 g/mol. The van der Waals surface area contributed by atoms with Crippen LogP contribution in [0.4, 0.5) is 0 Å². The molecule has 23 heavy (non-hydrogen) atoms. The van der Waals surface area contributed by atoms with E-state index in [2.05, 4.69) is 9.97 Å². The topological polar surface area (TPSA) is 58.2 Å². The van der Waals surface area contributed by atoms with Gasteiger partial charge in [0, 0.05) is 19.2 Å². The molecule has 1 amide bonds. The number of aromatic nitrogens is 2. The van der Waals surface area contributed by atoms with E-state index in [0.717, 1.165) is 22.3 Å². The number of fused-ring (bicyclic) bond motifs is 1. The van der Waals surface area contributed by atoms with Crippen LogP contribution in [-0.2, 0) is 6.54 Å². The Labute approximate surface area is 134 Å². The summed E-state index contributed by atoms with van der Waals surface area (Å²) in [7, 11) is 1.80. The van der Waals surface area contributed by atoms with Gasteiger partial charge < -0.3 is 14.6 Å². The number of aromatic amines is 1. The molecule has 1 heterocycles.